The summed E-state index contributed by atoms with van der Waals surface area (Å²) < 4.78 is 12.8. The summed E-state index contributed by atoms with van der Waals surface area (Å²) in [4.78, 5) is 11.7. The maximum Gasteiger partial charge on any atom is 0.244 e. The Balaban J connectivity index is 1.63. The van der Waals surface area contributed by atoms with E-state index in [2.05, 4.69) is 10.6 Å². The Labute approximate surface area is 135 Å². The van der Waals surface area contributed by atoms with Crippen LogP contribution < -0.4 is 16.4 Å². The van der Waals surface area contributed by atoms with Crippen LogP contribution in [-0.4, -0.2) is 19.0 Å². The zero-order chi connectivity index (χ0) is 16.5. The molecule has 0 aliphatic carbocycles. The van der Waals surface area contributed by atoms with Crippen LogP contribution in [0.2, 0.25) is 0 Å². The molecule has 0 saturated heterocycles. The van der Waals surface area contributed by atoms with Crippen molar-refractivity contribution in [2.24, 2.45) is 0 Å². The van der Waals surface area contributed by atoms with Gasteiger partial charge in [-0.1, -0.05) is 24.3 Å². The lowest BCUT2D eigenvalue weighted by molar-refractivity contribution is -0.116. The summed E-state index contributed by atoms with van der Waals surface area (Å²) in [7, 11) is 0. The zero-order valence-electron chi connectivity index (χ0n) is 12.8. The molecule has 0 aliphatic rings. The molecule has 0 bridgehead atoms. The Morgan fingerprint density at radius 3 is 2.43 bits per heavy atom. The topological polar surface area (TPSA) is 67.2 Å². The van der Waals surface area contributed by atoms with E-state index in [0.29, 0.717) is 25.3 Å². The van der Waals surface area contributed by atoms with Gasteiger partial charge in [0.25, 0.3) is 0 Å². The van der Waals surface area contributed by atoms with Gasteiger partial charge in [0.15, 0.2) is 0 Å². The number of carbonyl (C=O) groups excluding carboxylic acids is 1. The van der Waals surface area contributed by atoms with Gasteiger partial charge in [0.2, 0.25) is 5.91 Å². The summed E-state index contributed by atoms with van der Waals surface area (Å²) >= 11 is 0. The van der Waals surface area contributed by atoms with Crippen molar-refractivity contribution in [2.75, 3.05) is 18.8 Å². The summed E-state index contributed by atoms with van der Waals surface area (Å²) in [6.07, 6.45) is 3.23. The number of hydrogen-bond donors (Lipinski definition) is 3. The third-order valence-corrected chi connectivity index (χ3v) is 3.21. The zero-order valence-corrected chi connectivity index (χ0v) is 12.8. The van der Waals surface area contributed by atoms with E-state index >= 15 is 0 Å². The van der Waals surface area contributed by atoms with E-state index in [1.807, 2.05) is 12.1 Å². The molecule has 0 spiro atoms. The molecule has 0 aromatic heterocycles. The molecule has 0 fully saturated rings. The summed E-state index contributed by atoms with van der Waals surface area (Å²) in [6.45, 7) is 1.79. The molecule has 0 saturated carbocycles. The fourth-order valence-electron chi connectivity index (χ4n) is 1.95. The molecule has 5 heteroatoms. The number of nitrogen functional groups attached to an aromatic ring is 1. The maximum atomic E-state index is 12.8. The number of amides is 1. The highest BCUT2D eigenvalue weighted by molar-refractivity contribution is 5.91. The van der Waals surface area contributed by atoms with Crippen LogP contribution in [0.4, 0.5) is 10.1 Å². The Morgan fingerprint density at radius 2 is 1.74 bits per heavy atom. The predicted octanol–water partition coefficient (Wildman–Crippen LogP) is 2.33. The maximum absolute atomic E-state index is 12.8. The molecule has 1 amide bonds. The van der Waals surface area contributed by atoms with Crippen LogP contribution in [0.3, 0.4) is 0 Å². The van der Waals surface area contributed by atoms with Gasteiger partial charge in [0, 0.05) is 31.4 Å². The molecule has 4 nitrogen and oxygen atoms in total. The Bertz CT molecular complexity index is 651. The van der Waals surface area contributed by atoms with E-state index in [0.717, 1.165) is 11.1 Å². The minimum Gasteiger partial charge on any atom is -0.399 e. The first-order valence-corrected chi connectivity index (χ1v) is 7.40. The molecule has 0 unspecified atom stereocenters. The predicted molar refractivity (Wildman–Crippen MR) is 91.0 cm³/mol. The molecule has 120 valence electrons. The second-order valence-corrected chi connectivity index (χ2v) is 5.09. The normalized spacial score (nSPS) is 10.8. The Kier molecular flexibility index (Phi) is 6.32. The molecular weight excluding hydrogens is 293 g/mol. The van der Waals surface area contributed by atoms with Gasteiger partial charge < -0.3 is 16.4 Å². The highest BCUT2D eigenvalue weighted by Crippen LogP contribution is 2.06. The SMILES string of the molecule is Nc1ccc(/C=C/C(=O)NCCNCc2ccc(F)cc2)cc1. The first-order chi connectivity index (χ1) is 11.1. The van der Waals surface area contributed by atoms with E-state index in [4.69, 9.17) is 5.73 Å². The minimum absolute atomic E-state index is 0.148. The highest BCUT2D eigenvalue weighted by atomic mass is 19.1. The fourth-order valence-corrected chi connectivity index (χ4v) is 1.95. The molecular formula is C18H20FN3O. The largest absolute Gasteiger partial charge is 0.399 e. The van der Waals surface area contributed by atoms with Crippen molar-refractivity contribution in [1.82, 2.24) is 10.6 Å². The van der Waals surface area contributed by atoms with Crippen LogP contribution >= 0.6 is 0 Å². The van der Waals surface area contributed by atoms with Crippen LogP contribution in [0, 0.1) is 5.82 Å². The Morgan fingerprint density at radius 1 is 1.04 bits per heavy atom. The van der Waals surface area contributed by atoms with Gasteiger partial charge in [-0.3, -0.25) is 4.79 Å². The van der Waals surface area contributed by atoms with Crippen molar-refractivity contribution in [1.29, 1.82) is 0 Å². The molecule has 0 aliphatic heterocycles. The van der Waals surface area contributed by atoms with Gasteiger partial charge >= 0.3 is 0 Å². The fraction of sp³-hybridized carbons (Fsp3) is 0.167. The second kappa shape index (κ2) is 8.70. The lowest BCUT2D eigenvalue weighted by Gasteiger charge is -2.05. The number of halogens is 1. The smallest absolute Gasteiger partial charge is 0.244 e. The van der Waals surface area contributed by atoms with Crippen molar-refractivity contribution in [2.45, 2.75) is 6.54 Å². The van der Waals surface area contributed by atoms with Gasteiger partial charge in [-0.2, -0.15) is 0 Å². The lowest BCUT2D eigenvalue weighted by Crippen LogP contribution is -2.30. The third kappa shape index (κ3) is 6.32. The lowest BCUT2D eigenvalue weighted by atomic mass is 10.2. The Hall–Kier alpha value is -2.66. The van der Waals surface area contributed by atoms with Crippen molar-refractivity contribution in [3.8, 4) is 0 Å². The summed E-state index contributed by atoms with van der Waals surface area (Å²) in [5.41, 5.74) is 8.21. The van der Waals surface area contributed by atoms with Crippen molar-refractivity contribution < 1.29 is 9.18 Å². The summed E-state index contributed by atoms with van der Waals surface area (Å²) in [5.74, 6) is -0.390. The average molecular weight is 313 g/mol. The monoisotopic (exact) mass is 313 g/mol. The van der Waals surface area contributed by atoms with E-state index in [9.17, 15) is 9.18 Å². The summed E-state index contributed by atoms with van der Waals surface area (Å²) in [5, 5.41) is 5.97. The number of benzene rings is 2. The van der Waals surface area contributed by atoms with Gasteiger partial charge in [0.1, 0.15) is 5.82 Å². The van der Waals surface area contributed by atoms with Gasteiger partial charge in [-0.15, -0.1) is 0 Å². The summed E-state index contributed by atoms with van der Waals surface area (Å²) in [6, 6.07) is 13.6. The van der Waals surface area contributed by atoms with Crippen LogP contribution in [0.15, 0.2) is 54.6 Å². The van der Waals surface area contributed by atoms with Gasteiger partial charge in [-0.05, 0) is 41.5 Å². The molecule has 2 aromatic carbocycles. The number of rotatable bonds is 7. The van der Waals surface area contributed by atoms with Crippen LogP contribution in [0.5, 0.6) is 0 Å². The highest BCUT2D eigenvalue weighted by Gasteiger charge is 1.96. The van der Waals surface area contributed by atoms with Crippen LogP contribution in [0.25, 0.3) is 6.08 Å². The van der Waals surface area contributed by atoms with Crippen LogP contribution in [0.1, 0.15) is 11.1 Å². The molecule has 2 aromatic rings. The molecule has 0 heterocycles. The van der Waals surface area contributed by atoms with E-state index in [1.165, 1.54) is 18.2 Å². The number of nitrogens with two attached hydrogens (primary N) is 1. The van der Waals surface area contributed by atoms with Crippen molar-refractivity contribution in [3.63, 3.8) is 0 Å². The number of nitrogens with one attached hydrogen (secondary N) is 2. The first-order valence-electron chi connectivity index (χ1n) is 7.40. The average Bonchev–Trinajstić information content (AvgIpc) is 2.56. The number of carbonyl (C=O) groups is 1. The molecule has 2 rings (SSSR count). The molecule has 0 atom stereocenters. The first kappa shape index (κ1) is 16.7. The molecule has 0 radical (unpaired) electrons. The minimum atomic E-state index is -0.242. The van der Waals surface area contributed by atoms with E-state index in [1.54, 1.807) is 30.3 Å². The quantitative estimate of drug-likeness (QED) is 0.417. The third-order valence-electron chi connectivity index (χ3n) is 3.21. The van der Waals surface area contributed by atoms with Crippen LogP contribution in [-0.2, 0) is 11.3 Å². The second-order valence-electron chi connectivity index (χ2n) is 5.09. The number of hydrogen-bond acceptors (Lipinski definition) is 3. The van der Waals surface area contributed by atoms with Gasteiger partial charge in [-0.25, -0.2) is 4.39 Å². The standard InChI is InChI=1S/C18H20FN3O/c19-16-6-1-15(2-7-16)13-21-11-12-22-18(23)10-5-14-3-8-17(20)9-4-14/h1-10,21H,11-13,20H2,(H,22,23)/b10-5+. The number of anilines is 1. The van der Waals surface area contributed by atoms with Gasteiger partial charge in [0.05, 0.1) is 0 Å². The van der Waals surface area contributed by atoms with E-state index in [-0.39, 0.29) is 11.7 Å². The van der Waals surface area contributed by atoms with Crippen molar-refractivity contribution >= 4 is 17.7 Å². The van der Waals surface area contributed by atoms with E-state index < -0.39 is 0 Å². The molecule has 23 heavy (non-hydrogen) atoms. The molecule has 4 N–H and O–H groups in total. The van der Waals surface area contributed by atoms with Crippen molar-refractivity contribution in [3.05, 3.63) is 71.6 Å².